The fourth-order valence-electron chi connectivity index (χ4n) is 5.16. The summed E-state index contributed by atoms with van der Waals surface area (Å²) in [6.45, 7) is 11.3. The van der Waals surface area contributed by atoms with Gasteiger partial charge >= 0.3 is 5.97 Å². The summed E-state index contributed by atoms with van der Waals surface area (Å²) in [7, 11) is 0. The molecule has 2 aromatic rings. The molecule has 2 aliphatic rings. The smallest absolute Gasteiger partial charge is 0.313 e. The Morgan fingerprint density at radius 3 is 2.47 bits per heavy atom. The maximum absolute atomic E-state index is 11.5. The molecule has 0 spiro atoms. The number of ether oxygens (including phenoxy) is 1. The van der Waals surface area contributed by atoms with Gasteiger partial charge in [0.1, 0.15) is 6.17 Å². The van der Waals surface area contributed by atoms with Gasteiger partial charge in [-0.3, -0.25) is 4.79 Å². The van der Waals surface area contributed by atoms with Crippen LogP contribution in [0.3, 0.4) is 0 Å². The van der Waals surface area contributed by atoms with Crippen LogP contribution in [0.25, 0.3) is 0 Å². The molecule has 2 aromatic carbocycles. The number of hydrogen-bond donors (Lipinski definition) is 2. The monoisotopic (exact) mass is 465 g/mol. The number of nitrogens with one attached hydrogen (secondary N) is 1. The topological polar surface area (TPSA) is 65.0 Å². The molecule has 0 radical (unpaired) electrons. The van der Waals surface area contributed by atoms with Crippen molar-refractivity contribution in [2.45, 2.75) is 51.6 Å². The van der Waals surface area contributed by atoms with Crippen LogP contribution < -0.4 is 10.2 Å². The molecule has 2 heterocycles. The zero-order valence-electron chi connectivity index (χ0n) is 20.8. The number of piperidine rings is 1. The van der Waals surface area contributed by atoms with Crippen molar-refractivity contribution in [2.75, 3.05) is 49.6 Å². The molecule has 6 heteroatoms. The van der Waals surface area contributed by atoms with E-state index in [9.17, 15) is 9.90 Å². The summed E-state index contributed by atoms with van der Waals surface area (Å²) in [5.74, 6) is -0.178. The lowest BCUT2D eigenvalue weighted by Crippen LogP contribution is -2.48. The Morgan fingerprint density at radius 1 is 1.09 bits per heavy atom. The fourth-order valence-corrected chi connectivity index (χ4v) is 5.16. The summed E-state index contributed by atoms with van der Waals surface area (Å²) in [5, 5.41) is 13.2. The summed E-state index contributed by atoms with van der Waals surface area (Å²) in [5.41, 5.74) is 3.79. The van der Waals surface area contributed by atoms with Gasteiger partial charge in [0.15, 0.2) is 0 Å². The Morgan fingerprint density at radius 2 is 1.79 bits per heavy atom. The second-order valence-electron chi connectivity index (χ2n) is 10.1. The van der Waals surface area contributed by atoms with Gasteiger partial charge < -0.3 is 25.0 Å². The first-order valence-electron chi connectivity index (χ1n) is 12.6. The van der Waals surface area contributed by atoms with Crippen LogP contribution in [0.4, 0.5) is 11.4 Å². The molecule has 1 saturated heterocycles. The molecule has 2 aliphatic heterocycles. The van der Waals surface area contributed by atoms with Gasteiger partial charge in [-0.1, -0.05) is 36.4 Å². The molecule has 0 amide bonds. The summed E-state index contributed by atoms with van der Waals surface area (Å²) >= 11 is 0. The van der Waals surface area contributed by atoms with E-state index in [2.05, 4.69) is 58.4 Å². The van der Waals surface area contributed by atoms with Crippen LogP contribution in [0.5, 0.6) is 0 Å². The minimum absolute atomic E-state index is 0.338. The lowest BCUT2D eigenvalue weighted by Gasteiger charge is -2.39. The number of likely N-dealkylation sites (tertiary alicyclic amines) is 1. The SMILES string of the molecule is CCOCCN1c2ccccc2NC1C1CCN(CCc2ccc(C(C)(C)C(=O)O)cc2)CC1. The van der Waals surface area contributed by atoms with E-state index in [0.29, 0.717) is 12.1 Å². The van der Waals surface area contributed by atoms with Gasteiger partial charge in [0.2, 0.25) is 0 Å². The van der Waals surface area contributed by atoms with Crippen molar-refractivity contribution in [1.29, 1.82) is 0 Å². The normalized spacial score (nSPS) is 19.1. The highest BCUT2D eigenvalue weighted by atomic mass is 16.5. The van der Waals surface area contributed by atoms with E-state index in [1.54, 1.807) is 13.8 Å². The second-order valence-corrected chi connectivity index (χ2v) is 10.1. The predicted octanol–water partition coefficient (Wildman–Crippen LogP) is 4.60. The molecule has 0 saturated carbocycles. The molecule has 0 aromatic heterocycles. The van der Waals surface area contributed by atoms with Gasteiger partial charge in [-0.25, -0.2) is 0 Å². The minimum atomic E-state index is -0.856. The maximum Gasteiger partial charge on any atom is 0.313 e. The Bertz CT molecular complexity index is 952. The first-order chi connectivity index (χ1) is 16.4. The molecule has 1 fully saturated rings. The van der Waals surface area contributed by atoms with Crippen LogP contribution in [-0.4, -0.2) is 61.5 Å². The first-order valence-corrected chi connectivity index (χ1v) is 12.6. The van der Waals surface area contributed by atoms with Crippen LogP contribution in [0.2, 0.25) is 0 Å². The number of nitrogens with zero attached hydrogens (tertiary/aromatic N) is 2. The molecule has 4 rings (SSSR count). The second kappa shape index (κ2) is 10.8. The van der Waals surface area contributed by atoms with E-state index in [1.165, 1.54) is 29.8 Å². The van der Waals surface area contributed by atoms with E-state index in [0.717, 1.165) is 51.4 Å². The number of aliphatic carboxylic acids is 1. The number of hydrogen-bond acceptors (Lipinski definition) is 5. The number of carbonyl (C=O) groups is 1. The van der Waals surface area contributed by atoms with Crippen molar-refractivity contribution in [1.82, 2.24) is 4.90 Å². The van der Waals surface area contributed by atoms with E-state index < -0.39 is 11.4 Å². The molecule has 6 nitrogen and oxygen atoms in total. The Labute approximate surface area is 203 Å². The third kappa shape index (κ3) is 5.39. The van der Waals surface area contributed by atoms with Crippen molar-refractivity contribution >= 4 is 17.3 Å². The molecule has 2 N–H and O–H groups in total. The van der Waals surface area contributed by atoms with Gasteiger partial charge in [-0.05, 0) is 76.4 Å². The lowest BCUT2D eigenvalue weighted by atomic mass is 9.84. The summed E-state index contributed by atoms with van der Waals surface area (Å²) in [4.78, 5) is 16.6. The van der Waals surface area contributed by atoms with Crippen LogP contribution in [0.15, 0.2) is 48.5 Å². The zero-order valence-corrected chi connectivity index (χ0v) is 20.8. The highest BCUT2D eigenvalue weighted by Gasteiger charge is 2.36. The average molecular weight is 466 g/mol. The summed E-state index contributed by atoms with van der Waals surface area (Å²) in [6, 6.07) is 16.7. The molecule has 184 valence electrons. The lowest BCUT2D eigenvalue weighted by molar-refractivity contribution is -0.142. The fraction of sp³-hybridized carbons (Fsp3) is 0.536. The number of carboxylic acids is 1. The van der Waals surface area contributed by atoms with Crippen LogP contribution in [0, 0.1) is 5.92 Å². The van der Waals surface area contributed by atoms with Gasteiger partial charge in [0.25, 0.3) is 0 Å². The van der Waals surface area contributed by atoms with Gasteiger partial charge in [-0.2, -0.15) is 0 Å². The number of anilines is 2. The van der Waals surface area contributed by atoms with Gasteiger partial charge in [-0.15, -0.1) is 0 Å². The molecule has 0 aliphatic carbocycles. The molecular formula is C28H39N3O3. The number of para-hydroxylation sites is 2. The zero-order chi connectivity index (χ0) is 24.1. The number of fused-ring (bicyclic) bond motifs is 1. The van der Waals surface area contributed by atoms with Crippen molar-refractivity contribution in [2.24, 2.45) is 5.92 Å². The molecule has 0 bridgehead atoms. The highest BCUT2D eigenvalue weighted by molar-refractivity contribution is 5.80. The van der Waals surface area contributed by atoms with E-state index in [4.69, 9.17) is 4.74 Å². The molecule has 1 unspecified atom stereocenters. The molecular weight excluding hydrogens is 426 g/mol. The van der Waals surface area contributed by atoms with E-state index >= 15 is 0 Å². The van der Waals surface area contributed by atoms with Crippen LogP contribution in [-0.2, 0) is 21.4 Å². The Hall–Kier alpha value is -2.57. The van der Waals surface area contributed by atoms with Crippen molar-refractivity contribution in [3.05, 3.63) is 59.7 Å². The summed E-state index contributed by atoms with van der Waals surface area (Å²) in [6.07, 6.45) is 3.70. The Balaban J connectivity index is 1.29. The van der Waals surface area contributed by atoms with Crippen molar-refractivity contribution < 1.29 is 14.6 Å². The Kier molecular flexibility index (Phi) is 7.79. The minimum Gasteiger partial charge on any atom is -0.481 e. The van der Waals surface area contributed by atoms with E-state index in [-0.39, 0.29) is 0 Å². The number of carboxylic acid groups (broad SMARTS) is 1. The molecule has 1 atom stereocenters. The van der Waals surface area contributed by atoms with Crippen LogP contribution in [0.1, 0.15) is 44.7 Å². The van der Waals surface area contributed by atoms with Crippen molar-refractivity contribution in [3.63, 3.8) is 0 Å². The highest BCUT2D eigenvalue weighted by Crippen LogP contribution is 2.39. The quantitative estimate of drug-likeness (QED) is 0.500. The predicted molar refractivity (Wildman–Crippen MR) is 138 cm³/mol. The number of rotatable bonds is 10. The van der Waals surface area contributed by atoms with Crippen LogP contribution >= 0.6 is 0 Å². The third-order valence-corrected chi connectivity index (χ3v) is 7.54. The summed E-state index contributed by atoms with van der Waals surface area (Å²) < 4.78 is 5.67. The third-order valence-electron chi connectivity index (χ3n) is 7.54. The average Bonchev–Trinajstić information content (AvgIpc) is 3.22. The first kappa shape index (κ1) is 24.6. The van der Waals surface area contributed by atoms with E-state index in [1.807, 2.05) is 12.1 Å². The maximum atomic E-state index is 11.5. The van der Waals surface area contributed by atoms with Gasteiger partial charge in [0.05, 0.1) is 23.4 Å². The van der Waals surface area contributed by atoms with Gasteiger partial charge in [0, 0.05) is 25.6 Å². The standard InChI is InChI=1S/C28H39N3O3/c1-4-34-20-19-31-25-8-6-5-7-24(25)29-26(31)22-14-17-30(18-15-22)16-13-21-9-11-23(12-10-21)28(2,3)27(32)33/h5-12,22,26,29H,4,13-20H2,1-3H3,(H,32,33). The molecule has 34 heavy (non-hydrogen) atoms. The number of benzene rings is 2. The largest absolute Gasteiger partial charge is 0.481 e. The van der Waals surface area contributed by atoms with Crippen molar-refractivity contribution in [3.8, 4) is 0 Å².